The van der Waals surface area contributed by atoms with Crippen LogP contribution in [0.1, 0.15) is 12.0 Å². The molecule has 0 bridgehead atoms. The van der Waals surface area contributed by atoms with Gasteiger partial charge in [-0.05, 0) is 41.6 Å². The number of rotatable bonds is 3. The fourth-order valence-corrected chi connectivity index (χ4v) is 6.42. The summed E-state index contributed by atoms with van der Waals surface area (Å²) in [5.41, 5.74) is 0.840. The lowest BCUT2D eigenvalue weighted by Gasteiger charge is -2.23. The topological polar surface area (TPSA) is 66.9 Å². The van der Waals surface area contributed by atoms with Crippen molar-refractivity contribution < 1.29 is 17.9 Å². The number of thiophene rings is 1. The minimum absolute atomic E-state index is 0.0559. The Bertz CT molecular complexity index is 940. The zero-order valence-corrected chi connectivity index (χ0v) is 15.6. The molecule has 1 spiro atoms. The first-order valence-corrected chi connectivity index (χ1v) is 10.2. The normalized spacial score (nSPS) is 23.4. The molecule has 1 saturated heterocycles. The lowest BCUT2D eigenvalue weighted by Crippen LogP contribution is -2.42. The summed E-state index contributed by atoms with van der Waals surface area (Å²) in [6.45, 7) is 0.493. The highest BCUT2D eigenvalue weighted by Gasteiger charge is 2.55. The predicted molar refractivity (Wildman–Crippen MR) is 95.8 cm³/mol. The van der Waals surface area contributed by atoms with E-state index in [-0.39, 0.29) is 12.5 Å². The van der Waals surface area contributed by atoms with E-state index in [2.05, 4.69) is 0 Å². The molecule has 1 aromatic heterocycles. The number of hydrogen-bond acceptors (Lipinski definition) is 5. The summed E-state index contributed by atoms with van der Waals surface area (Å²) < 4.78 is 32.7. The third-order valence-corrected chi connectivity index (χ3v) is 8.34. The fourth-order valence-electron chi connectivity index (χ4n) is 3.78. The molecule has 0 unspecified atom stereocenters. The van der Waals surface area contributed by atoms with Gasteiger partial charge in [-0.1, -0.05) is 6.07 Å². The van der Waals surface area contributed by atoms with E-state index < -0.39 is 15.4 Å². The molecule has 3 heterocycles. The van der Waals surface area contributed by atoms with E-state index in [0.29, 0.717) is 22.9 Å². The zero-order valence-electron chi connectivity index (χ0n) is 13.9. The number of nitrogens with zero attached hydrogens (tertiary/aromatic N) is 2. The standard InChI is InChI=1S/C17H18N2O4S2/c1-18-14-6-5-12(23-2)10-13(14)17(16(18)20)7-8-19(11-17)25(21,22)15-4-3-9-24-15/h3-6,9-10H,7-8,11H2,1-2H3/t17-/m1/s1. The van der Waals surface area contributed by atoms with Crippen molar-refractivity contribution in [3.8, 4) is 5.75 Å². The number of carbonyl (C=O) groups is 1. The Hall–Kier alpha value is -1.90. The van der Waals surface area contributed by atoms with Crippen molar-refractivity contribution in [2.45, 2.75) is 16.0 Å². The summed E-state index contributed by atoms with van der Waals surface area (Å²) >= 11 is 1.20. The van der Waals surface area contributed by atoms with Gasteiger partial charge in [-0.25, -0.2) is 8.42 Å². The molecule has 1 fully saturated rings. The van der Waals surface area contributed by atoms with Crippen molar-refractivity contribution >= 4 is 33.0 Å². The monoisotopic (exact) mass is 378 g/mol. The van der Waals surface area contributed by atoms with E-state index in [4.69, 9.17) is 4.74 Å². The molecule has 0 saturated carbocycles. The summed E-state index contributed by atoms with van der Waals surface area (Å²) in [6, 6.07) is 8.86. The van der Waals surface area contributed by atoms with E-state index in [1.54, 1.807) is 36.6 Å². The lowest BCUT2D eigenvalue weighted by molar-refractivity contribution is -0.122. The molecule has 6 nitrogen and oxygen atoms in total. The fraction of sp³-hybridized carbons (Fsp3) is 0.353. The average Bonchev–Trinajstić information content (AvgIpc) is 3.33. The molecule has 25 heavy (non-hydrogen) atoms. The summed E-state index contributed by atoms with van der Waals surface area (Å²) in [5, 5.41) is 1.74. The van der Waals surface area contributed by atoms with Crippen LogP contribution >= 0.6 is 11.3 Å². The highest BCUT2D eigenvalue weighted by Crippen LogP contribution is 2.48. The van der Waals surface area contributed by atoms with Crippen LogP contribution in [0, 0.1) is 0 Å². The first-order valence-electron chi connectivity index (χ1n) is 7.90. The van der Waals surface area contributed by atoms with Crippen LogP contribution < -0.4 is 9.64 Å². The van der Waals surface area contributed by atoms with Gasteiger partial charge in [0.25, 0.3) is 10.0 Å². The van der Waals surface area contributed by atoms with Gasteiger partial charge in [0.1, 0.15) is 9.96 Å². The van der Waals surface area contributed by atoms with E-state index in [0.717, 1.165) is 11.3 Å². The SMILES string of the molecule is COc1ccc2c(c1)[C@]1(CCN(S(=O)(=O)c3cccs3)C1)C(=O)N2C. The highest BCUT2D eigenvalue weighted by atomic mass is 32.2. The Kier molecular flexibility index (Phi) is 3.68. The number of hydrogen-bond donors (Lipinski definition) is 0. The van der Waals surface area contributed by atoms with Crippen molar-refractivity contribution in [1.82, 2.24) is 4.31 Å². The minimum atomic E-state index is -3.57. The van der Waals surface area contributed by atoms with Crippen LogP contribution in [0.5, 0.6) is 5.75 Å². The van der Waals surface area contributed by atoms with Gasteiger partial charge in [-0.2, -0.15) is 4.31 Å². The van der Waals surface area contributed by atoms with E-state index >= 15 is 0 Å². The van der Waals surface area contributed by atoms with E-state index in [9.17, 15) is 13.2 Å². The first-order chi connectivity index (χ1) is 11.9. The Morgan fingerprint density at radius 2 is 2.08 bits per heavy atom. The second kappa shape index (κ2) is 5.55. The largest absolute Gasteiger partial charge is 0.497 e. The smallest absolute Gasteiger partial charge is 0.252 e. The number of ether oxygens (including phenoxy) is 1. The number of amides is 1. The number of carbonyl (C=O) groups excluding carboxylic acids is 1. The number of methoxy groups -OCH3 is 1. The summed E-state index contributed by atoms with van der Waals surface area (Å²) in [6.07, 6.45) is 0.473. The number of anilines is 1. The van der Waals surface area contributed by atoms with Gasteiger partial charge >= 0.3 is 0 Å². The van der Waals surface area contributed by atoms with Gasteiger partial charge in [0, 0.05) is 25.8 Å². The number of fused-ring (bicyclic) bond motifs is 2. The lowest BCUT2D eigenvalue weighted by atomic mass is 9.81. The Morgan fingerprint density at radius 3 is 2.76 bits per heavy atom. The van der Waals surface area contributed by atoms with Crippen LogP contribution in [0.15, 0.2) is 39.9 Å². The number of sulfonamides is 1. The van der Waals surface area contributed by atoms with Crippen molar-refractivity contribution in [3.63, 3.8) is 0 Å². The summed E-state index contributed by atoms with van der Waals surface area (Å²) in [5.74, 6) is 0.612. The molecular formula is C17H18N2O4S2. The second-order valence-corrected chi connectivity index (χ2v) is 9.46. The molecule has 4 rings (SSSR count). The van der Waals surface area contributed by atoms with Crippen molar-refractivity contribution in [3.05, 3.63) is 41.3 Å². The van der Waals surface area contributed by atoms with Crippen LogP contribution in [0.25, 0.3) is 0 Å². The number of likely N-dealkylation sites (N-methyl/N-ethyl adjacent to an activating group) is 1. The molecule has 1 aromatic carbocycles. The van der Waals surface area contributed by atoms with Crippen LogP contribution in [0.2, 0.25) is 0 Å². The maximum absolute atomic E-state index is 13.0. The first kappa shape index (κ1) is 16.6. The average molecular weight is 378 g/mol. The van der Waals surface area contributed by atoms with Gasteiger partial charge < -0.3 is 9.64 Å². The maximum atomic E-state index is 13.0. The van der Waals surface area contributed by atoms with E-state index in [1.165, 1.54) is 15.6 Å². The van der Waals surface area contributed by atoms with Crippen molar-refractivity contribution in [1.29, 1.82) is 0 Å². The summed E-state index contributed by atoms with van der Waals surface area (Å²) in [7, 11) is -0.253. The Morgan fingerprint density at radius 1 is 1.28 bits per heavy atom. The van der Waals surface area contributed by atoms with Gasteiger partial charge in [0.15, 0.2) is 0 Å². The Balaban J connectivity index is 1.76. The van der Waals surface area contributed by atoms with Crippen LogP contribution in [-0.4, -0.2) is 45.9 Å². The Labute approximate surface area is 150 Å². The van der Waals surface area contributed by atoms with Gasteiger partial charge in [0.05, 0.1) is 12.5 Å². The molecule has 0 radical (unpaired) electrons. The molecular weight excluding hydrogens is 360 g/mol. The molecule has 2 aromatic rings. The zero-order chi connectivity index (χ0) is 17.8. The molecule has 8 heteroatoms. The summed E-state index contributed by atoms with van der Waals surface area (Å²) in [4.78, 5) is 14.6. The molecule has 2 aliphatic heterocycles. The second-order valence-electron chi connectivity index (χ2n) is 6.35. The molecule has 2 aliphatic rings. The van der Waals surface area contributed by atoms with Crippen LogP contribution in [0.4, 0.5) is 5.69 Å². The van der Waals surface area contributed by atoms with Gasteiger partial charge in [-0.15, -0.1) is 11.3 Å². The predicted octanol–water partition coefficient (Wildman–Crippen LogP) is 2.07. The minimum Gasteiger partial charge on any atom is -0.497 e. The highest BCUT2D eigenvalue weighted by molar-refractivity contribution is 7.91. The molecule has 0 aliphatic carbocycles. The molecule has 0 N–H and O–H groups in total. The number of benzene rings is 1. The third-order valence-electron chi connectivity index (χ3n) is 5.12. The van der Waals surface area contributed by atoms with Gasteiger partial charge in [-0.3, -0.25) is 4.79 Å². The van der Waals surface area contributed by atoms with Crippen LogP contribution in [-0.2, 0) is 20.2 Å². The third kappa shape index (κ3) is 2.24. The maximum Gasteiger partial charge on any atom is 0.252 e. The molecule has 132 valence electrons. The van der Waals surface area contributed by atoms with Crippen molar-refractivity contribution in [2.75, 3.05) is 32.1 Å². The molecule has 1 amide bonds. The molecule has 1 atom stereocenters. The quantitative estimate of drug-likeness (QED) is 0.820. The van der Waals surface area contributed by atoms with E-state index in [1.807, 2.05) is 18.2 Å². The van der Waals surface area contributed by atoms with Crippen LogP contribution in [0.3, 0.4) is 0 Å². The van der Waals surface area contributed by atoms with Gasteiger partial charge in [0.2, 0.25) is 5.91 Å². The van der Waals surface area contributed by atoms with Crippen molar-refractivity contribution in [2.24, 2.45) is 0 Å².